The Bertz CT molecular complexity index is 363. The molecule has 2 unspecified atom stereocenters. The SMILES string of the molecule is C=CC1CC1(C=O)c1ccc(C)cc1. The molecule has 1 fully saturated rings. The summed E-state index contributed by atoms with van der Waals surface area (Å²) in [5.74, 6) is 0.336. The summed E-state index contributed by atoms with van der Waals surface area (Å²) in [5.41, 5.74) is 2.10. The van der Waals surface area contributed by atoms with Gasteiger partial charge >= 0.3 is 0 Å². The van der Waals surface area contributed by atoms with Crippen LogP contribution in [0, 0.1) is 12.8 Å². The molecule has 2 rings (SSSR count). The molecule has 0 bridgehead atoms. The number of rotatable bonds is 3. The van der Waals surface area contributed by atoms with Crippen LogP contribution < -0.4 is 0 Å². The normalized spacial score (nSPS) is 29.6. The monoisotopic (exact) mass is 186 g/mol. The first kappa shape index (κ1) is 9.20. The second-order valence-corrected chi connectivity index (χ2v) is 4.07. The van der Waals surface area contributed by atoms with Crippen LogP contribution in [0.4, 0.5) is 0 Å². The molecule has 0 N–H and O–H groups in total. The van der Waals surface area contributed by atoms with E-state index in [0.717, 1.165) is 18.3 Å². The standard InChI is InChI=1S/C13H14O/c1-3-11-8-13(11,9-14)12-6-4-10(2)5-7-12/h3-7,9,11H,1,8H2,2H3. The van der Waals surface area contributed by atoms with E-state index in [4.69, 9.17) is 0 Å². The second kappa shape index (κ2) is 3.09. The van der Waals surface area contributed by atoms with E-state index in [2.05, 4.69) is 25.6 Å². The summed E-state index contributed by atoms with van der Waals surface area (Å²) in [6, 6.07) is 8.21. The summed E-state index contributed by atoms with van der Waals surface area (Å²) in [4.78, 5) is 11.1. The van der Waals surface area contributed by atoms with Gasteiger partial charge in [-0.05, 0) is 24.8 Å². The summed E-state index contributed by atoms with van der Waals surface area (Å²) in [6.45, 7) is 5.80. The van der Waals surface area contributed by atoms with Crippen LogP contribution in [0.3, 0.4) is 0 Å². The lowest BCUT2D eigenvalue weighted by Crippen LogP contribution is -2.10. The summed E-state index contributed by atoms with van der Waals surface area (Å²) in [6.07, 6.45) is 3.88. The molecule has 0 amide bonds. The predicted molar refractivity (Wildman–Crippen MR) is 57.2 cm³/mol. The minimum atomic E-state index is -0.255. The molecule has 1 saturated carbocycles. The zero-order chi connectivity index (χ0) is 10.2. The molecule has 14 heavy (non-hydrogen) atoms. The maximum Gasteiger partial charge on any atom is 0.131 e. The summed E-state index contributed by atoms with van der Waals surface area (Å²) in [5, 5.41) is 0. The Kier molecular flexibility index (Phi) is 2.03. The van der Waals surface area contributed by atoms with Gasteiger partial charge in [0, 0.05) is 0 Å². The van der Waals surface area contributed by atoms with Crippen molar-refractivity contribution < 1.29 is 4.79 Å². The van der Waals surface area contributed by atoms with Gasteiger partial charge < -0.3 is 4.79 Å². The number of carbonyl (C=O) groups excluding carboxylic acids is 1. The Labute approximate surface area is 84.5 Å². The van der Waals surface area contributed by atoms with Gasteiger partial charge in [0.1, 0.15) is 6.29 Å². The zero-order valence-electron chi connectivity index (χ0n) is 8.36. The fraction of sp³-hybridized carbons (Fsp3) is 0.308. The second-order valence-electron chi connectivity index (χ2n) is 4.07. The maximum atomic E-state index is 11.1. The van der Waals surface area contributed by atoms with Gasteiger partial charge in [0.05, 0.1) is 5.41 Å². The number of carbonyl (C=O) groups is 1. The van der Waals surface area contributed by atoms with Gasteiger partial charge in [-0.15, -0.1) is 6.58 Å². The van der Waals surface area contributed by atoms with Crippen LogP contribution in [0.2, 0.25) is 0 Å². The zero-order valence-corrected chi connectivity index (χ0v) is 8.36. The Morgan fingerprint density at radius 2 is 2.07 bits per heavy atom. The van der Waals surface area contributed by atoms with Crippen molar-refractivity contribution in [1.82, 2.24) is 0 Å². The van der Waals surface area contributed by atoms with Crippen LogP contribution >= 0.6 is 0 Å². The number of hydrogen-bond donors (Lipinski definition) is 0. The van der Waals surface area contributed by atoms with E-state index in [1.54, 1.807) is 0 Å². The molecule has 1 heteroatoms. The highest BCUT2D eigenvalue weighted by Crippen LogP contribution is 2.53. The smallest absolute Gasteiger partial charge is 0.131 e. The van der Waals surface area contributed by atoms with E-state index in [-0.39, 0.29) is 5.41 Å². The van der Waals surface area contributed by atoms with E-state index in [1.807, 2.05) is 18.2 Å². The van der Waals surface area contributed by atoms with E-state index in [1.165, 1.54) is 5.56 Å². The molecule has 0 aromatic heterocycles. The molecule has 0 aliphatic heterocycles. The molecule has 0 saturated heterocycles. The Hall–Kier alpha value is -1.37. The van der Waals surface area contributed by atoms with Gasteiger partial charge in [-0.1, -0.05) is 35.9 Å². The lowest BCUT2D eigenvalue weighted by atomic mass is 9.94. The molecular formula is C13H14O. The highest BCUT2D eigenvalue weighted by Gasteiger charge is 2.53. The topological polar surface area (TPSA) is 17.1 Å². The van der Waals surface area contributed by atoms with Crippen molar-refractivity contribution >= 4 is 6.29 Å². The van der Waals surface area contributed by atoms with E-state index in [0.29, 0.717) is 5.92 Å². The molecule has 0 heterocycles. The highest BCUT2D eigenvalue weighted by atomic mass is 16.1. The highest BCUT2D eigenvalue weighted by molar-refractivity contribution is 5.75. The molecule has 1 aliphatic carbocycles. The minimum absolute atomic E-state index is 0.255. The predicted octanol–water partition coefficient (Wildman–Crippen LogP) is 2.64. The number of aldehydes is 1. The molecule has 1 aromatic carbocycles. The summed E-state index contributed by atoms with van der Waals surface area (Å²) in [7, 11) is 0. The number of aryl methyl sites for hydroxylation is 1. The lowest BCUT2D eigenvalue weighted by Gasteiger charge is -2.08. The molecule has 0 radical (unpaired) electrons. The number of allylic oxidation sites excluding steroid dienone is 1. The van der Waals surface area contributed by atoms with Crippen LogP contribution in [0.15, 0.2) is 36.9 Å². The number of hydrogen-bond acceptors (Lipinski definition) is 1. The van der Waals surface area contributed by atoms with Gasteiger partial charge in [0.2, 0.25) is 0 Å². The van der Waals surface area contributed by atoms with Crippen molar-refractivity contribution in [2.75, 3.05) is 0 Å². The van der Waals surface area contributed by atoms with Crippen molar-refractivity contribution in [3.05, 3.63) is 48.0 Å². The van der Waals surface area contributed by atoms with Gasteiger partial charge in [-0.3, -0.25) is 0 Å². The Morgan fingerprint density at radius 3 is 2.50 bits per heavy atom. The van der Waals surface area contributed by atoms with Gasteiger partial charge in [-0.2, -0.15) is 0 Å². The van der Waals surface area contributed by atoms with Crippen molar-refractivity contribution in [1.29, 1.82) is 0 Å². The van der Waals surface area contributed by atoms with Crippen molar-refractivity contribution in [2.24, 2.45) is 5.92 Å². The van der Waals surface area contributed by atoms with Crippen molar-refractivity contribution in [3.63, 3.8) is 0 Å². The Morgan fingerprint density at radius 1 is 1.43 bits per heavy atom. The fourth-order valence-corrected chi connectivity index (χ4v) is 2.00. The van der Waals surface area contributed by atoms with E-state index >= 15 is 0 Å². The first-order valence-electron chi connectivity index (χ1n) is 4.89. The van der Waals surface area contributed by atoms with Crippen LogP contribution in [0.1, 0.15) is 17.5 Å². The minimum Gasteiger partial charge on any atom is -0.302 e. The third-order valence-corrected chi connectivity index (χ3v) is 3.14. The molecule has 1 aromatic rings. The summed E-state index contributed by atoms with van der Waals surface area (Å²) >= 11 is 0. The van der Waals surface area contributed by atoms with Crippen LogP contribution in [-0.2, 0) is 10.2 Å². The van der Waals surface area contributed by atoms with Crippen LogP contribution in [0.5, 0.6) is 0 Å². The van der Waals surface area contributed by atoms with Gasteiger partial charge in [0.15, 0.2) is 0 Å². The van der Waals surface area contributed by atoms with Gasteiger partial charge in [0.25, 0.3) is 0 Å². The molecule has 72 valence electrons. The average Bonchev–Trinajstić information content (AvgIpc) is 2.94. The molecular weight excluding hydrogens is 172 g/mol. The van der Waals surface area contributed by atoms with Gasteiger partial charge in [-0.25, -0.2) is 0 Å². The van der Waals surface area contributed by atoms with Crippen molar-refractivity contribution in [3.8, 4) is 0 Å². The van der Waals surface area contributed by atoms with Crippen molar-refractivity contribution in [2.45, 2.75) is 18.8 Å². The molecule has 1 nitrogen and oxygen atoms in total. The lowest BCUT2D eigenvalue weighted by molar-refractivity contribution is -0.110. The molecule has 1 aliphatic rings. The quantitative estimate of drug-likeness (QED) is 0.524. The van der Waals surface area contributed by atoms with Crippen LogP contribution in [0.25, 0.3) is 0 Å². The van der Waals surface area contributed by atoms with Crippen LogP contribution in [-0.4, -0.2) is 6.29 Å². The number of benzene rings is 1. The first-order chi connectivity index (χ1) is 6.73. The van der Waals surface area contributed by atoms with E-state index < -0.39 is 0 Å². The van der Waals surface area contributed by atoms with E-state index in [9.17, 15) is 4.79 Å². The summed E-state index contributed by atoms with van der Waals surface area (Å²) < 4.78 is 0. The molecule has 2 atom stereocenters. The fourth-order valence-electron chi connectivity index (χ4n) is 2.00. The Balaban J connectivity index is 2.35. The maximum absolute atomic E-state index is 11.1. The third kappa shape index (κ3) is 1.20. The third-order valence-electron chi connectivity index (χ3n) is 3.14. The molecule has 0 spiro atoms. The average molecular weight is 186 g/mol. The first-order valence-corrected chi connectivity index (χ1v) is 4.89. The largest absolute Gasteiger partial charge is 0.302 e.